The number of rotatable bonds is 9. The topological polar surface area (TPSA) is 84.5 Å². The molecule has 2 aliphatic carbocycles. The third kappa shape index (κ3) is 5.79. The molecule has 6 nitrogen and oxygen atoms in total. The molecule has 4 rings (SSSR count). The largest absolute Gasteiger partial charge is 0.462 e. The molecule has 1 aromatic carbocycles. The second-order valence-electron chi connectivity index (χ2n) is 8.43. The number of hydrogen-bond donors (Lipinski definition) is 2. The van der Waals surface area contributed by atoms with Crippen LogP contribution in [0.4, 0.5) is 10.7 Å². The standard InChI is InChI=1S/C25H30N2O4S2/c1-3-19(32-17-9-7-8-16(14-17)26-22(28)15-12-13-15)23(29)27-24-21(25(30)31-4-2)18-10-5-6-11-20(18)33-24/h7-9,14-15,19H,3-6,10-13H2,1-2H3,(H,26,28)(H,27,29). The number of thiophene rings is 1. The Bertz CT molecular complexity index is 1050. The van der Waals surface area contributed by atoms with Crippen molar-refractivity contribution in [1.29, 1.82) is 0 Å². The summed E-state index contributed by atoms with van der Waals surface area (Å²) in [4.78, 5) is 40.1. The van der Waals surface area contributed by atoms with E-state index in [0.717, 1.165) is 54.7 Å². The van der Waals surface area contributed by atoms with Crippen LogP contribution in [-0.2, 0) is 27.2 Å². The minimum atomic E-state index is -0.355. The van der Waals surface area contributed by atoms with Gasteiger partial charge < -0.3 is 15.4 Å². The van der Waals surface area contributed by atoms with Crippen LogP contribution in [0.2, 0.25) is 0 Å². The fraction of sp³-hybridized carbons (Fsp3) is 0.480. The van der Waals surface area contributed by atoms with Crippen LogP contribution in [0.3, 0.4) is 0 Å². The molecule has 1 atom stereocenters. The molecule has 0 bridgehead atoms. The Morgan fingerprint density at radius 3 is 2.67 bits per heavy atom. The average molecular weight is 487 g/mol. The molecule has 2 amide bonds. The highest BCUT2D eigenvalue weighted by molar-refractivity contribution is 8.00. The van der Waals surface area contributed by atoms with Crippen LogP contribution in [0.15, 0.2) is 29.2 Å². The molecule has 176 valence electrons. The van der Waals surface area contributed by atoms with E-state index in [0.29, 0.717) is 23.6 Å². The number of amides is 2. The maximum absolute atomic E-state index is 13.2. The lowest BCUT2D eigenvalue weighted by atomic mass is 9.95. The highest BCUT2D eigenvalue weighted by atomic mass is 32.2. The predicted octanol–water partition coefficient (Wildman–Crippen LogP) is 5.66. The van der Waals surface area contributed by atoms with Crippen LogP contribution in [0.1, 0.15) is 66.8 Å². The van der Waals surface area contributed by atoms with Gasteiger partial charge in [0.05, 0.1) is 17.4 Å². The van der Waals surface area contributed by atoms with E-state index in [9.17, 15) is 14.4 Å². The van der Waals surface area contributed by atoms with Crippen LogP contribution < -0.4 is 10.6 Å². The van der Waals surface area contributed by atoms with Gasteiger partial charge in [-0.25, -0.2) is 4.79 Å². The summed E-state index contributed by atoms with van der Waals surface area (Å²) in [5, 5.41) is 6.28. The lowest BCUT2D eigenvalue weighted by Crippen LogP contribution is -2.25. The Morgan fingerprint density at radius 1 is 1.15 bits per heavy atom. The average Bonchev–Trinajstić information content (AvgIpc) is 3.59. The smallest absolute Gasteiger partial charge is 0.341 e. The van der Waals surface area contributed by atoms with Crippen molar-refractivity contribution in [1.82, 2.24) is 0 Å². The van der Waals surface area contributed by atoms with Crippen molar-refractivity contribution in [3.05, 3.63) is 40.3 Å². The number of fused-ring (bicyclic) bond motifs is 1. The van der Waals surface area contributed by atoms with Crippen molar-refractivity contribution < 1.29 is 19.1 Å². The van der Waals surface area contributed by atoms with E-state index < -0.39 is 0 Å². The summed E-state index contributed by atoms with van der Waals surface area (Å²) in [6.45, 7) is 4.07. The van der Waals surface area contributed by atoms with E-state index in [1.165, 1.54) is 28.0 Å². The van der Waals surface area contributed by atoms with Crippen LogP contribution in [0.5, 0.6) is 0 Å². The second-order valence-corrected chi connectivity index (χ2v) is 10.8. The van der Waals surface area contributed by atoms with E-state index in [1.54, 1.807) is 6.92 Å². The Kier molecular flexibility index (Phi) is 7.75. The van der Waals surface area contributed by atoms with Crippen LogP contribution in [0.25, 0.3) is 0 Å². The third-order valence-corrected chi connectivity index (χ3v) is 8.44. The lowest BCUT2D eigenvalue weighted by molar-refractivity contribution is -0.117. The van der Waals surface area contributed by atoms with Gasteiger partial charge in [-0.1, -0.05) is 13.0 Å². The van der Waals surface area contributed by atoms with Crippen molar-refractivity contribution in [3.8, 4) is 0 Å². The normalized spacial score (nSPS) is 15.9. The molecule has 1 heterocycles. The number of hydrogen-bond acceptors (Lipinski definition) is 6. The monoisotopic (exact) mass is 486 g/mol. The van der Waals surface area contributed by atoms with Crippen LogP contribution in [0, 0.1) is 5.92 Å². The third-order valence-electron chi connectivity index (χ3n) is 5.88. The number of carbonyl (C=O) groups excluding carboxylic acids is 3. The van der Waals surface area contributed by atoms with Gasteiger partial charge >= 0.3 is 5.97 Å². The number of thioether (sulfide) groups is 1. The van der Waals surface area contributed by atoms with E-state index in [4.69, 9.17) is 4.74 Å². The van der Waals surface area contributed by atoms with Gasteiger partial charge in [-0.15, -0.1) is 23.1 Å². The molecule has 33 heavy (non-hydrogen) atoms. The summed E-state index contributed by atoms with van der Waals surface area (Å²) in [6, 6.07) is 7.62. The Labute approximate surface area is 202 Å². The molecule has 1 unspecified atom stereocenters. The van der Waals surface area contributed by atoms with E-state index >= 15 is 0 Å². The number of carbonyl (C=O) groups is 3. The van der Waals surface area contributed by atoms with Gasteiger partial charge in [-0.2, -0.15) is 0 Å². The van der Waals surface area contributed by atoms with Gasteiger partial charge in [0.15, 0.2) is 0 Å². The Morgan fingerprint density at radius 2 is 1.94 bits per heavy atom. The molecule has 0 saturated heterocycles. The zero-order valence-electron chi connectivity index (χ0n) is 19.1. The minimum Gasteiger partial charge on any atom is -0.462 e. The molecule has 2 aliphatic rings. The Balaban J connectivity index is 1.48. The first-order chi connectivity index (χ1) is 16.0. The van der Waals surface area contributed by atoms with E-state index in [-0.39, 0.29) is 29.0 Å². The summed E-state index contributed by atoms with van der Waals surface area (Å²) in [5.74, 6) is -0.276. The Hall–Kier alpha value is -2.32. The minimum absolute atomic E-state index is 0.0649. The molecule has 8 heteroatoms. The molecule has 2 aromatic rings. The lowest BCUT2D eigenvalue weighted by Gasteiger charge is -2.16. The fourth-order valence-corrected chi connectivity index (χ4v) is 6.28. The molecule has 1 aromatic heterocycles. The zero-order valence-corrected chi connectivity index (χ0v) is 20.7. The first-order valence-corrected chi connectivity index (χ1v) is 13.4. The van der Waals surface area contributed by atoms with Crippen molar-refractivity contribution in [2.24, 2.45) is 5.92 Å². The SMILES string of the molecule is CCOC(=O)c1c(NC(=O)C(CC)Sc2cccc(NC(=O)C3CC3)c2)sc2c1CCCC2. The summed E-state index contributed by atoms with van der Waals surface area (Å²) >= 11 is 2.97. The van der Waals surface area contributed by atoms with Crippen molar-refractivity contribution in [2.45, 2.75) is 68.9 Å². The maximum Gasteiger partial charge on any atom is 0.341 e. The fourth-order valence-electron chi connectivity index (χ4n) is 3.99. The number of anilines is 2. The quantitative estimate of drug-likeness (QED) is 0.353. The number of ether oxygens (including phenoxy) is 1. The van der Waals surface area contributed by atoms with Gasteiger partial charge in [-0.3, -0.25) is 9.59 Å². The van der Waals surface area contributed by atoms with E-state index in [1.807, 2.05) is 31.2 Å². The van der Waals surface area contributed by atoms with Gasteiger partial charge in [0.25, 0.3) is 0 Å². The van der Waals surface area contributed by atoms with Gasteiger partial charge in [-0.05, 0) is 75.6 Å². The van der Waals surface area contributed by atoms with Crippen molar-refractivity contribution in [3.63, 3.8) is 0 Å². The summed E-state index contributed by atoms with van der Waals surface area (Å²) in [5.41, 5.74) is 2.33. The van der Waals surface area contributed by atoms with E-state index in [2.05, 4.69) is 10.6 Å². The van der Waals surface area contributed by atoms with Crippen LogP contribution >= 0.6 is 23.1 Å². The van der Waals surface area contributed by atoms with Gasteiger partial charge in [0, 0.05) is 21.4 Å². The molecular formula is C25H30N2O4S2. The number of benzene rings is 1. The molecular weight excluding hydrogens is 456 g/mol. The molecule has 1 saturated carbocycles. The molecule has 0 radical (unpaired) electrons. The predicted molar refractivity (Wildman–Crippen MR) is 133 cm³/mol. The molecule has 0 spiro atoms. The highest BCUT2D eigenvalue weighted by Gasteiger charge is 2.30. The number of nitrogens with one attached hydrogen (secondary N) is 2. The molecule has 0 aliphatic heterocycles. The molecule has 2 N–H and O–H groups in total. The zero-order chi connectivity index (χ0) is 23.4. The van der Waals surface area contributed by atoms with Gasteiger partial charge in [0.2, 0.25) is 11.8 Å². The summed E-state index contributed by atoms with van der Waals surface area (Å²) < 4.78 is 5.30. The second kappa shape index (κ2) is 10.7. The number of esters is 1. The van der Waals surface area contributed by atoms with Gasteiger partial charge in [0.1, 0.15) is 5.00 Å². The first kappa shape index (κ1) is 23.8. The number of aryl methyl sites for hydroxylation is 1. The van der Waals surface area contributed by atoms with Crippen molar-refractivity contribution in [2.75, 3.05) is 17.2 Å². The summed E-state index contributed by atoms with van der Waals surface area (Å²) in [6.07, 6.45) is 6.48. The highest BCUT2D eigenvalue weighted by Crippen LogP contribution is 2.39. The van der Waals surface area contributed by atoms with Crippen molar-refractivity contribution >= 4 is 51.6 Å². The maximum atomic E-state index is 13.2. The summed E-state index contributed by atoms with van der Waals surface area (Å²) in [7, 11) is 0. The first-order valence-electron chi connectivity index (χ1n) is 11.7. The molecule has 1 fully saturated rings. The van der Waals surface area contributed by atoms with Crippen LogP contribution in [-0.4, -0.2) is 29.6 Å².